The number of amides is 1. The lowest BCUT2D eigenvalue weighted by atomic mass is 10.0. The molecule has 0 radical (unpaired) electrons. The Morgan fingerprint density at radius 1 is 1.11 bits per heavy atom. The average Bonchev–Trinajstić information content (AvgIpc) is 2.43. The minimum Gasteiger partial charge on any atom is -0.341 e. The van der Waals surface area contributed by atoms with Gasteiger partial charge < -0.3 is 10.2 Å². The largest absolute Gasteiger partial charge is 0.341 e. The number of unbranched alkanes of at least 4 members (excludes halogenated alkanes) is 5. The molecule has 1 heterocycles. The highest BCUT2D eigenvalue weighted by atomic mass is 16.2. The molecule has 0 aromatic rings. The Morgan fingerprint density at radius 2 is 1.84 bits per heavy atom. The zero-order chi connectivity index (χ0) is 13.9. The molecule has 1 unspecified atom stereocenters. The normalized spacial score (nSPS) is 20.0. The number of rotatable bonds is 10. The first-order chi connectivity index (χ1) is 9.29. The van der Waals surface area contributed by atoms with Gasteiger partial charge in [0, 0.05) is 13.1 Å². The fourth-order valence-electron chi connectivity index (χ4n) is 2.75. The van der Waals surface area contributed by atoms with Crippen LogP contribution in [-0.4, -0.2) is 36.5 Å². The molecule has 0 aliphatic carbocycles. The fourth-order valence-corrected chi connectivity index (χ4v) is 2.75. The van der Waals surface area contributed by atoms with Gasteiger partial charge in [0.25, 0.3) is 0 Å². The second kappa shape index (κ2) is 10.2. The van der Waals surface area contributed by atoms with E-state index in [1.165, 1.54) is 38.5 Å². The standard InChI is InChI=1S/C16H32N2O/c1-3-5-6-7-8-9-13-18-14-10-11-15(16(18)19)17-12-4-2/h15,17H,3-14H2,1-2H3. The molecule has 3 nitrogen and oxygen atoms in total. The number of hydrogen-bond donors (Lipinski definition) is 1. The predicted octanol–water partition coefficient (Wildman–Crippen LogP) is 3.34. The average molecular weight is 268 g/mol. The number of piperidine rings is 1. The van der Waals surface area contributed by atoms with Crippen LogP contribution in [0.1, 0.15) is 71.6 Å². The van der Waals surface area contributed by atoms with Crippen molar-refractivity contribution in [3.05, 3.63) is 0 Å². The molecule has 0 aromatic carbocycles. The van der Waals surface area contributed by atoms with Crippen LogP contribution in [0.25, 0.3) is 0 Å². The second-order valence-electron chi connectivity index (χ2n) is 5.74. The van der Waals surface area contributed by atoms with E-state index < -0.39 is 0 Å². The quantitative estimate of drug-likeness (QED) is 0.616. The number of hydrogen-bond acceptors (Lipinski definition) is 2. The Hall–Kier alpha value is -0.570. The predicted molar refractivity (Wildman–Crippen MR) is 81.3 cm³/mol. The highest BCUT2D eigenvalue weighted by molar-refractivity contribution is 5.82. The van der Waals surface area contributed by atoms with Gasteiger partial charge in [0.15, 0.2) is 0 Å². The summed E-state index contributed by atoms with van der Waals surface area (Å²) in [4.78, 5) is 14.3. The number of nitrogens with zero attached hydrogens (tertiary/aromatic N) is 1. The lowest BCUT2D eigenvalue weighted by molar-refractivity contribution is -0.136. The third-order valence-corrected chi connectivity index (χ3v) is 3.95. The lowest BCUT2D eigenvalue weighted by Gasteiger charge is -2.32. The summed E-state index contributed by atoms with van der Waals surface area (Å²) < 4.78 is 0. The molecule has 0 saturated carbocycles. The van der Waals surface area contributed by atoms with Crippen LogP contribution in [0.3, 0.4) is 0 Å². The molecular weight excluding hydrogens is 236 g/mol. The summed E-state index contributed by atoms with van der Waals surface area (Å²) >= 11 is 0. The molecule has 0 bridgehead atoms. The summed E-state index contributed by atoms with van der Waals surface area (Å²) in [5.41, 5.74) is 0. The number of carbonyl (C=O) groups is 1. The van der Waals surface area contributed by atoms with Crippen LogP contribution in [-0.2, 0) is 4.79 Å². The van der Waals surface area contributed by atoms with Crippen molar-refractivity contribution in [2.75, 3.05) is 19.6 Å². The van der Waals surface area contributed by atoms with E-state index in [1.54, 1.807) is 0 Å². The van der Waals surface area contributed by atoms with E-state index in [4.69, 9.17) is 0 Å². The summed E-state index contributed by atoms with van der Waals surface area (Å²) in [6.07, 6.45) is 11.1. The molecule has 3 heteroatoms. The number of carbonyl (C=O) groups excluding carboxylic acids is 1. The van der Waals surface area contributed by atoms with E-state index in [2.05, 4.69) is 24.1 Å². The summed E-state index contributed by atoms with van der Waals surface area (Å²) in [6, 6.07) is 0.0915. The summed E-state index contributed by atoms with van der Waals surface area (Å²) in [5.74, 6) is 0.341. The van der Waals surface area contributed by atoms with Gasteiger partial charge in [-0.2, -0.15) is 0 Å². The van der Waals surface area contributed by atoms with Crippen molar-refractivity contribution in [3.63, 3.8) is 0 Å². The van der Waals surface area contributed by atoms with Crippen LogP contribution in [0.4, 0.5) is 0 Å². The van der Waals surface area contributed by atoms with Crippen LogP contribution in [0, 0.1) is 0 Å². The van der Waals surface area contributed by atoms with E-state index in [0.29, 0.717) is 5.91 Å². The monoisotopic (exact) mass is 268 g/mol. The minimum atomic E-state index is 0.0915. The Morgan fingerprint density at radius 3 is 2.58 bits per heavy atom. The lowest BCUT2D eigenvalue weighted by Crippen LogP contribution is -2.51. The van der Waals surface area contributed by atoms with Gasteiger partial charge in [-0.3, -0.25) is 4.79 Å². The van der Waals surface area contributed by atoms with Crippen LogP contribution in [0.15, 0.2) is 0 Å². The zero-order valence-corrected chi connectivity index (χ0v) is 12.9. The number of nitrogens with one attached hydrogen (secondary N) is 1. The van der Waals surface area contributed by atoms with Crippen molar-refractivity contribution in [1.29, 1.82) is 0 Å². The van der Waals surface area contributed by atoms with Gasteiger partial charge in [0.1, 0.15) is 0 Å². The second-order valence-corrected chi connectivity index (χ2v) is 5.74. The van der Waals surface area contributed by atoms with E-state index in [0.717, 1.165) is 38.9 Å². The van der Waals surface area contributed by atoms with Crippen LogP contribution in [0.5, 0.6) is 0 Å². The molecule has 1 aliphatic rings. The van der Waals surface area contributed by atoms with Crippen molar-refractivity contribution in [1.82, 2.24) is 10.2 Å². The highest BCUT2D eigenvalue weighted by Gasteiger charge is 2.27. The third kappa shape index (κ3) is 6.42. The van der Waals surface area contributed by atoms with Crippen molar-refractivity contribution in [3.8, 4) is 0 Å². The Labute approximate surface area is 119 Å². The Kier molecular flexibility index (Phi) is 8.89. The van der Waals surface area contributed by atoms with Crippen molar-refractivity contribution in [2.45, 2.75) is 77.7 Å². The van der Waals surface area contributed by atoms with Gasteiger partial charge in [-0.1, -0.05) is 46.0 Å². The van der Waals surface area contributed by atoms with E-state index in [9.17, 15) is 4.79 Å². The molecule has 19 heavy (non-hydrogen) atoms. The molecule has 0 aromatic heterocycles. The van der Waals surface area contributed by atoms with Gasteiger partial charge in [0.2, 0.25) is 5.91 Å². The van der Waals surface area contributed by atoms with Crippen molar-refractivity contribution >= 4 is 5.91 Å². The first-order valence-corrected chi connectivity index (χ1v) is 8.31. The van der Waals surface area contributed by atoms with Gasteiger partial charge in [-0.15, -0.1) is 0 Å². The zero-order valence-electron chi connectivity index (χ0n) is 12.9. The van der Waals surface area contributed by atoms with Crippen LogP contribution < -0.4 is 5.32 Å². The van der Waals surface area contributed by atoms with E-state index >= 15 is 0 Å². The fraction of sp³-hybridized carbons (Fsp3) is 0.938. The van der Waals surface area contributed by atoms with Crippen LogP contribution in [0.2, 0.25) is 0 Å². The SMILES string of the molecule is CCCCCCCCN1CCCC(NCCC)C1=O. The molecular formula is C16H32N2O. The molecule has 1 atom stereocenters. The van der Waals surface area contributed by atoms with Gasteiger partial charge >= 0.3 is 0 Å². The summed E-state index contributed by atoms with van der Waals surface area (Å²) in [5, 5.41) is 3.38. The molecule has 1 saturated heterocycles. The summed E-state index contributed by atoms with van der Waals surface area (Å²) in [6.45, 7) is 7.29. The van der Waals surface area contributed by atoms with Gasteiger partial charge in [-0.05, 0) is 32.2 Å². The maximum Gasteiger partial charge on any atom is 0.239 e. The summed E-state index contributed by atoms with van der Waals surface area (Å²) in [7, 11) is 0. The van der Waals surface area contributed by atoms with E-state index in [-0.39, 0.29) is 6.04 Å². The Bertz CT molecular complexity index is 243. The molecule has 1 aliphatic heterocycles. The Balaban J connectivity index is 2.16. The molecule has 0 spiro atoms. The molecule has 1 amide bonds. The molecule has 1 rings (SSSR count). The highest BCUT2D eigenvalue weighted by Crippen LogP contribution is 2.13. The van der Waals surface area contributed by atoms with Crippen molar-refractivity contribution in [2.24, 2.45) is 0 Å². The third-order valence-electron chi connectivity index (χ3n) is 3.95. The smallest absolute Gasteiger partial charge is 0.239 e. The van der Waals surface area contributed by atoms with Gasteiger partial charge in [-0.25, -0.2) is 0 Å². The molecule has 112 valence electrons. The molecule has 1 N–H and O–H groups in total. The minimum absolute atomic E-state index is 0.0915. The topological polar surface area (TPSA) is 32.3 Å². The van der Waals surface area contributed by atoms with E-state index in [1.807, 2.05) is 0 Å². The first kappa shape index (κ1) is 16.5. The first-order valence-electron chi connectivity index (χ1n) is 8.31. The maximum atomic E-state index is 12.3. The van der Waals surface area contributed by atoms with Crippen LogP contribution >= 0.6 is 0 Å². The molecule has 1 fully saturated rings. The maximum absolute atomic E-state index is 12.3. The van der Waals surface area contributed by atoms with Crippen molar-refractivity contribution < 1.29 is 4.79 Å². The number of likely N-dealkylation sites (tertiary alicyclic amines) is 1. The van der Waals surface area contributed by atoms with Gasteiger partial charge in [0.05, 0.1) is 6.04 Å².